The second-order valence-corrected chi connectivity index (χ2v) is 4.78. The van der Waals surface area contributed by atoms with E-state index in [0.29, 0.717) is 5.91 Å². The molecule has 0 spiro atoms. The summed E-state index contributed by atoms with van der Waals surface area (Å²) in [6.45, 7) is 1.83. The maximum atomic E-state index is 11.9. The molecule has 0 unspecified atom stereocenters. The van der Waals surface area contributed by atoms with Crippen molar-refractivity contribution in [2.45, 2.75) is 38.5 Å². The van der Waals surface area contributed by atoms with Crippen molar-refractivity contribution >= 4 is 5.91 Å². The van der Waals surface area contributed by atoms with Crippen LogP contribution in [0.4, 0.5) is 0 Å². The molecule has 0 aliphatic carbocycles. The first-order chi connectivity index (χ1) is 8.36. The lowest BCUT2D eigenvalue weighted by Gasteiger charge is -2.24. The molecular weight excluding hydrogens is 210 g/mol. The molecule has 17 heavy (non-hydrogen) atoms. The molecule has 2 heteroatoms. The molecule has 1 heterocycles. The van der Waals surface area contributed by atoms with Gasteiger partial charge >= 0.3 is 0 Å². The summed E-state index contributed by atoms with van der Waals surface area (Å²) in [5.41, 5.74) is 1.32. The van der Waals surface area contributed by atoms with Crippen LogP contribution >= 0.6 is 0 Å². The van der Waals surface area contributed by atoms with Crippen LogP contribution in [0.15, 0.2) is 30.3 Å². The Morgan fingerprint density at radius 3 is 2.59 bits per heavy atom. The highest BCUT2D eigenvalue weighted by molar-refractivity contribution is 5.76. The lowest BCUT2D eigenvalue weighted by Crippen LogP contribution is -2.34. The van der Waals surface area contributed by atoms with Crippen molar-refractivity contribution in [1.82, 2.24) is 4.90 Å². The van der Waals surface area contributed by atoms with E-state index in [2.05, 4.69) is 24.3 Å². The Bertz CT molecular complexity index is 347. The van der Waals surface area contributed by atoms with Crippen molar-refractivity contribution in [3.63, 3.8) is 0 Å². The predicted molar refractivity (Wildman–Crippen MR) is 69.8 cm³/mol. The molecular formula is C15H21NO. The summed E-state index contributed by atoms with van der Waals surface area (Å²) >= 11 is 0. The summed E-state index contributed by atoms with van der Waals surface area (Å²) < 4.78 is 0. The molecule has 0 atom stereocenters. The van der Waals surface area contributed by atoms with Gasteiger partial charge < -0.3 is 4.90 Å². The number of nitrogens with zero attached hydrogens (tertiary/aromatic N) is 1. The van der Waals surface area contributed by atoms with Gasteiger partial charge in [-0.3, -0.25) is 4.79 Å². The molecule has 1 aliphatic rings. The van der Waals surface area contributed by atoms with Crippen molar-refractivity contribution < 1.29 is 4.79 Å². The van der Waals surface area contributed by atoms with Gasteiger partial charge in [-0.05, 0) is 24.8 Å². The first-order valence-corrected chi connectivity index (χ1v) is 6.68. The van der Waals surface area contributed by atoms with E-state index in [1.807, 2.05) is 11.0 Å². The van der Waals surface area contributed by atoms with E-state index in [-0.39, 0.29) is 0 Å². The van der Waals surface area contributed by atoms with E-state index in [9.17, 15) is 4.79 Å². The molecule has 1 aliphatic heterocycles. The summed E-state index contributed by atoms with van der Waals surface area (Å²) in [6, 6.07) is 10.4. The molecule has 1 aromatic rings. The van der Waals surface area contributed by atoms with Gasteiger partial charge in [-0.15, -0.1) is 0 Å². The lowest BCUT2D eigenvalue weighted by molar-refractivity contribution is -0.131. The average Bonchev–Trinajstić information content (AvgIpc) is 2.35. The van der Waals surface area contributed by atoms with Crippen LogP contribution in [-0.2, 0) is 11.2 Å². The number of amides is 1. The van der Waals surface area contributed by atoms with Crippen LogP contribution in [-0.4, -0.2) is 23.9 Å². The second kappa shape index (κ2) is 6.43. The Labute approximate surface area is 104 Å². The lowest BCUT2D eigenvalue weighted by atomic mass is 10.1. The Hall–Kier alpha value is -1.31. The van der Waals surface area contributed by atoms with Gasteiger partial charge in [0.05, 0.1) is 0 Å². The highest BCUT2D eigenvalue weighted by atomic mass is 16.2. The molecule has 1 fully saturated rings. The number of carbonyl (C=O) groups is 1. The van der Waals surface area contributed by atoms with Crippen LogP contribution in [0.5, 0.6) is 0 Å². The normalized spacial score (nSPS) is 17.6. The van der Waals surface area contributed by atoms with Crippen LogP contribution in [0.1, 0.15) is 37.7 Å². The standard InChI is InChI=1S/C15H21NO/c17-15-10-6-1-2-7-12-16(15)13-11-14-8-4-3-5-9-14/h3-5,8-9H,1-2,6-7,10-13H2. The average molecular weight is 231 g/mol. The van der Waals surface area contributed by atoms with Crippen molar-refractivity contribution in [2.24, 2.45) is 0 Å². The second-order valence-electron chi connectivity index (χ2n) is 4.78. The maximum absolute atomic E-state index is 11.9. The molecule has 2 rings (SSSR count). The van der Waals surface area contributed by atoms with Gasteiger partial charge in [0.15, 0.2) is 0 Å². The van der Waals surface area contributed by atoms with Crippen LogP contribution in [0.2, 0.25) is 0 Å². The monoisotopic (exact) mass is 231 g/mol. The van der Waals surface area contributed by atoms with Crippen LogP contribution in [0, 0.1) is 0 Å². The fraction of sp³-hybridized carbons (Fsp3) is 0.533. The van der Waals surface area contributed by atoms with Crippen LogP contribution in [0.25, 0.3) is 0 Å². The van der Waals surface area contributed by atoms with E-state index in [1.54, 1.807) is 0 Å². The fourth-order valence-electron chi connectivity index (χ4n) is 2.36. The molecule has 0 N–H and O–H groups in total. The molecule has 0 radical (unpaired) electrons. The minimum atomic E-state index is 0.348. The van der Waals surface area contributed by atoms with Gasteiger partial charge in [0, 0.05) is 19.5 Å². The van der Waals surface area contributed by atoms with Crippen molar-refractivity contribution in [3.05, 3.63) is 35.9 Å². The smallest absolute Gasteiger partial charge is 0.222 e. The van der Waals surface area contributed by atoms with Gasteiger partial charge in [-0.25, -0.2) is 0 Å². The first-order valence-electron chi connectivity index (χ1n) is 6.68. The molecule has 0 saturated carbocycles. The van der Waals surface area contributed by atoms with Crippen LogP contribution < -0.4 is 0 Å². The fourth-order valence-corrected chi connectivity index (χ4v) is 2.36. The SMILES string of the molecule is O=C1CCCCCCN1CCc1ccccc1. The number of carbonyl (C=O) groups excluding carboxylic acids is 1. The summed E-state index contributed by atoms with van der Waals surface area (Å²) in [6.07, 6.45) is 6.45. The van der Waals surface area contributed by atoms with Gasteiger partial charge in [0.25, 0.3) is 0 Å². The summed E-state index contributed by atoms with van der Waals surface area (Å²) in [5.74, 6) is 0.348. The summed E-state index contributed by atoms with van der Waals surface area (Å²) in [4.78, 5) is 14.0. The number of benzene rings is 1. The molecule has 0 bridgehead atoms. The number of hydrogen-bond acceptors (Lipinski definition) is 1. The van der Waals surface area contributed by atoms with Gasteiger partial charge in [0.1, 0.15) is 0 Å². The third kappa shape index (κ3) is 3.88. The van der Waals surface area contributed by atoms with E-state index >= 15 is 0 Å². The zero-order valence-electron chi connectivity index (χ0n) is 10.4. The molecule has 0 aromatic heterocycles. The van der Waals surface area contributed by atoms with Crippen molar-refractivity contribution in [3.8, 4) is 0 Å². The third-order valence-electron chi connectivity index (χ3n) is 3.43. The van der Waals surface area contributed by atoms with Gasteiger partial charge in [-0.1, -0.05) is 43.2 Å². The molecule has 1 saturated heterocycles. The Morgan fingerprint density at radius 1 is 1.00 bits per heavy atom. The summed E-state index contributed by atoms with van der Waals surface area (Å²) in [7, 11) is 0. The predicted octanol–water partition coefficient (Wildman–Crippen LogP) is 3.02. The van der Waals surface area contributed by atoms with E-state index in [1.165, 1.54) is 24.8 Å². The Kier molecular flexibility index (Phi) is 4.60. The zero-order chi connectivity index (χ0) is 11.9. The number of likely N-dealkylation sites (tertiary alicyclic amines) is 1. The highest BCUT2D eigenvalue weighted by Gasteiger charge is 2.14. The Morgan fingerprint density at radius 2 is 1.76 bits per heavy atom. The van der Waals surface area contributed by atoms with E-state index in [0.717, 1.165) is 32.4 Å². The van der Waals surface area contributed by atoms with Crippen molar-refractivity contribution in [2.75, 3.05) is 13.1 Å². The maximum Gasteiger partial charge on any atom is 0.222 e. The van der Waals surface area contributed by atoms with E-state index < -0.39 is 0 Å². The first kappa shape index (κ1) is 12.2. The molecule has 1 aromatic carbocycles. The number of rotatable bonds is 3. The molecule has 2 nitrogen and oxygen atoms in total. The zero-order valence-corrected chi connectivity index (χ0v) is 10.4. The minimum absolute atomic E-state index is 0.348. The topological polar surface area (TPSA) is 20.3 Å². The van der Waals surface area contributed by atoms with Crippen LogP contribution in [0.3, 0.4) is 0 Å². The highest BCUT2D eigenvalue weighted by Crippen LogP contribution is 2.12. The summed E-state index contributed by atoms with van der Waals surface area (Å²) in [5, 5.41) is 0. The quantitative estimate of drug-likeness (QED) is 0.783. The third-order valence-corrected chi connectivity index (χ3v) is 3.43. The molecule has 92 valence electrons. The van der Waals surface area contributed by atoms with Gasteiger partial charge in [0.2, 0.25) is 5.91 Å². The largest absolute Gasteiger partial charge is 0.342 e. The van der Waals surface area contributed by atoms with E-state index in [4.69, 9.17) is 0 Å². The van der Waals surface area contributed by atoms with Crippen molar-refractivity contribution in [1.29, 1.82) is 0 Å². The minimum Gasteiger partial charge on any atom is -0.342 e. The Balaban J connectivity index is 1.85. The van der Waals surface area contributed by atoms with Gasteiger partial charge in [-0.2, -0.15) is 0 Å². The number of hydrogen-bond donors (Lipinski definition) is 0. The molecule has 1 amide bonds.